The first-order valence-electron chi connectivity index (χ1n) is 8.93. The zero-order chi connectivity index (χ0) is 21.7. The van der Waals surface area contributed by atoms with E-state index in [1.807, 2.05) is 37.3 Å². The van der Waals surface area contributed by atoms with Crippen LogP contribution in [0.25, 0.3) is 17.8 Å². The topological polar surface area (TPSA) is 78.3 Å². The molecule has 0 radical (unpaired) electrons. The van der Waals surface area contributed by atoms with Gasteiger partial charge in [0.25, 0.3) is 0 Å². The van der Waals surface area contributed by atoms with Gasteiger partial charge in [-0.2, -0.15) is 13.5 Å². The molecule has 0 spiro atoms. The van der Waals surface area contributed by atoms with Crippen LogP contribution in [-0.2, 0) is 14.9 Å². The highest BCUT2D eigenvalue weighted by Gasteiger charge is 2.12. The molecule has 0 amide bonds. The first-order valence-corrected chi connectivity index (χ1v) is 11.1. The molecule has 0 aliphatic carbocycles. The van der Waals surface area contributed by atoms with Gasteiger partial charge in [-0.3, -0.25) is 4.79 Å². The number of carbonyl (C=O) groups excluding carboxylic acids is 1. The lowest BCUT2D eigenvalue weighted by atomic mass is 10.1. The van der Waals surface area contributed by atoms with Crippen LogP contribution in [0.2, 0.25) is 5.15 Å². The second-order valence-electron chi connectivity index (χ2n) is 6.46. The van der Waals surface area contributed by atoms with E-state index in [1.165, 1.54) is 24.3 Å². The third kappa shape index (κ3) is 5.68. The van der Waals surface area contributed by atoms with Crippen LogP contribution in [-0.4, -0.2) is 30.2 Å². The molecule has 0 aliphatic heterocycles. The van der Waals surface area contributed by atoms with Gasteiger partial charge in [-0.25, -0.2) is 4.68 Å². The number of benzene rings is 2. The fraction of sp³-hybridized carbons (Fsp3) is 0.0909. The third-order valence-electron chi connectivity index (χ3n) is 4.03. The molecule has 3 rings (SSSR count). The van der Waals surface area contributed by atoms with Gasteiger partial charge in [-0.1, -0.05) is 48.0 Å². The van der Waals surface area contributed by atoms with Crippen LogP contribution >= 0.6 is 11.6 Å². The monoisotopic (exact) mass is 442 g/mol. The first kappa shape index (κ1) is 21.5. The van der Waals surface area contributed by atoms with Crippen LogP contribution < -0.4 is 4.18 Å². The Hall–Kier alpha value is -3.16. The van der Waals surface area contributed by atoms with E-state index < -0.39 is 10.1 Å². The summed E-state index contributed by atoms with van der Waals surface area (Å²) in [6, 6.07) is 15.8. The van der Waals surface area contributed by atoms with Crippen LogP contribution in [0.4, 0.5) is 0 Å². The van der Waals surface area contributed by atoms with Crippen LogP contribution in [0, 0.1) is 6.92 Å². The molecule has 0 bridgehead atoms. The Morgan fingerprint density at radius 2 is 1.67 bits per heavy atom. The summed E-state index contributed by atoms with van der Waals surface area (Å²) in [7, 11) is -3.57. The highest BCUT2D eigenvalue weighted by atomic mass is 35.5. The number of nitrogens with zero attached hydrogens (tertiary/aromatic N) is 2. The average molecular weight is 443 g/mol. The Bertz CT molecular complexity index is 1210. The number of carbonyl (C=O) groups is 1. The summed E-state index contributed by atoms with van der Waals surface area (Å²) in [5.74, 6) is -0.0178. The Kier molecular flexibility index (Phi) is 6.54. The van der Waals surface area contributed by atoms with Crippen molar-refractivity contribution in [3.05, 3.63) is 88.7 Å². The fourth-order valence-electron chi connectivity index (χ4n) is 2.65. The van der Waals surface area contributed by atoms with Gasteiger partial charge in [0, 0.05) is 5.56 Å². The van der Waals surface area contributed by atoms with Crippen LogP contribution in [0.15, 0.2) is 66.7 Å². The van der Waals surface area contributed by atoms with Gasteiger partial charge in [-0.05, 0) is 55.0 Å². The summed E-state index contributed by atoms with van der Waals surface area (Å²) in [5.41, 5.74) is 2.94. The minimum absolute atomic E-state index is 0.210. The molecule has 0 saturated carbocycles. The van der Waals surface area contributed by atoms with Gasteiger partial charge in [0.1, 0.15) is 10.9 Å². The number of halogens is 1. The van der Waals surface area contributed by atoms with Crippen molar-refractivity contribution in [2.45, 2.75) is 6.92 Å². The summed E-state index contributed by atoms with van der Waals surface area (Å²) in [6.45, 7) is 1.82. The number of aryl methyl sites for hydroxylation is 1. The number of hydrogen-bond donors (Lipinski definition) is 0. The molecule has 2 aromatic carbocycles. The molecular formula is C22H19ClN2O4S. The smallest absolute Gasteiger partial charge is 0.306 e. The Labute approximate surface area is 180 Å². The van der Waals surface area contributed by atoms with Gasteiger partial charge in [0.2, 0.25) is 0 Å². The molecule has 1 aromatic heterocycles. The number of rotatable bonds is 7. The van der Waals surface area contributed by atoms with Crippen LogP contribution in [0.5, 0.6) is 5.75 Å². The van der Waals surface area contributed by atoms with Crippen molar-refractivity contribution in [1.29, 1.82) is 0 Å². The van der Waals surface area contributed by atoms with Gasteiger partial charge in [0.05, 0.1) is 17.6 Å². The van der Waals surface area contributed by atoms with Crippen molar-refractivity contribution in [1.82, 2.24) is 9.78 Å². The van der Waals surface area contributed by atoms with Crippen molar-refractivity contribution >= 4 is 39.7 Å². The van der Waals surface area contributed by atoms with Crippen molar-refractivity contribution in [3.8, 4) is 11.4 Å². The number of para-hydroxylation sites is 1. The molecule has 0 saturated heterocycles. The molecule has 1 heterocycles. The summed E-state index contributed by atoms with van der Waals surface area (Å²) in [6.07, 6.45) is 7.07. The van der Waals surface area contributed by atoms with Crippen molar-refractivity contribution in [2.24, 2.45) is 0 Å². The normalized spacial score (nSPS) is 12.0. The minimum Gasteiger partial charge on any atom is -0.383 e. The van der Waals surface area contributed by atoms with E-state index in [0.29, 0.717) is 16.4 Å². The largest absolute Gasteiger partial charge is 0.383 e. The Morgan fingerprint density at radius 1 is 1.03 bits per heavy atom. The molecule has 0 fully saturated rings. The summed E-state index contributed by atoms with van der Waals surface area (Å²) in [5, 5.41) is 4.86. The lowest BCUT2D eigenvalue weighted by Gasteiger charge is -2.02. The van der Waals surface area contributed by atoms with E-state index in [4.69, 9.17) is 15.8 Å². The summed E-state index contributed by atoms with van der Waals surface area (Å²) in [4.78, 5) is 12.2. The van der Waals surface area contributed by atoms with Crippen LogP contribution in [0.1, 0.15) is 16.8 Å². The quantitative estimate of drug-likeness (QED) is 0.398. The predicted molar refractivity (Wildman–Crippen MR) is 118 cm³/mol. The predicted octanol–water partition coefficient (Wildman–Crippen LogP) is 4.47. The SMILES string of the molecule is Cc1nn(-c2ccccc2)c(Cl)c1/C=C/C(=O)/C=C/c1ccc(OS(C)(=O)=O)cc1. The zero-order valence-corrected chi connectivity index (χ0v) is 17.9. The lowest BCUT2D eigenvalue weighted by Crippen LogP contribution is -2.05. The molecule has 8 heteroatoms. The number of aromatic nitrogens is 2. The maximum atomic E-state index is 12.2. The molecule has 6 nitrogen and oxygen atoms in total. The van der Waals surface area contributed by atoms with Gasteiger partial charge in [-0.15, -0.1) is 0 Å². The Morgan fingerprint density at radius 3 is 2.30 bits per heavy atom. The molecule has 0 aliphatic rings. The maximum absolute atomic E-state index is 12.2. The third-order valence-corrected chi connectivity index (χ3v) is 4.89. The van der Waals surface area contributed by atoms with E-state index in [2.05, 4.69) is 5.10 Å². The van der Waals surface area contributed by atoms with E-state index >= 15 is 0 Å². The van der Waals surface area contributed by atoms with Gasteiger partial charge >= 0.3 is 10.1 Å². The average Bonchev–Trinajstić information content (AvgIpc) is 2.99. The van der Waals surface area contributed by atoms with E-state index in [-0.39, 0.29) is 11.5 Å². The molecule has 154 valence electrons. The van der Waals surface area contributed by atoms with E-state index in [9.17, 15) is 13.2 Å². The number of hydrogen-bond acceptors (Lipinski definition) is 5. The van der Waals surface area contributed by atoms with Crippen molar-refractivity contribution in [3.63, 3.8) is 0 Å². The second kappa shape index (κ2) is 9.11. The second-order valence-corrected chi connectivity index (χ2v) is 8.40. The number of ketones is 1. The van der Waals surface area contributed by atoms with E-state index in [0.717, 1.165) is 17.5 Å². The molecular weight excluding hydrogens is 424 g/mol. The highest BCUT2D eigenvalue weighted by Crippen LogP contribution is 2.24. The summed E-state index contributed by atoms with van der Waals surface area (Å²) < 4.78 is 28.6. The molecule has 0 atom stereocenters. The molecule has 0 unspecified atom stereocenters. The molecule has 0 N–H and O–H groups in total. The highest BCUT2D eigenvalue weighted by molar-refractivity contribution is 7.86. The maximum Gasteiger partial charge on any atom is 0.306 e. The first-order chi connectivity index (χ1) is 14.2. The number of allylic oxidation sites excluding steroid dienone is 2. The van der Waals surface area contributed by atoms with E-state index in [1.54, 1.807) is 29.0 Å². The van der Waals surface area contributed by atoms with Gasteiger partial charge in [0.15, 0.2) is 5.78 Å². The Balaban J connectivity index is 1.70. The van der Waals surface area contributed by atoms with Gasteiger partial charge < -0.3 is 4.18 Å². The van der Waals surface area contributed by atoms with Crippen LogP contribution in [0.3, 0.4) is 0 Å². The standard InChI is InChI=1S/C22H19ClN2O4S/c1-16-21(22(23)25(24-16)18-6-4-3-5-7-18)15-12-19(26)11-8-17-9-13-20(14-10-17)29-30(2,27)28/h3-15H,1-2H3/b11-8+,15-12+. The molecule has 3 aromatic rings. The lowest BCUT2D eigenvalue weighted by molar-refractivity contribution is -0.110. The molecule has 30 heavy (non-hydrogen) atoms. The zero-order valence-electron chi connectivity index (χ0n) is 16.3. The summed E-state index contributed by atoms with van der Waals surface area (Å²) >= 11 is 6.45. The van der Waals surface area contributed by atoms with Crippen molar-refractivity contribution in [2.75, 3.05) is 6.26 Å². The minimum atomic E-state index is -3.57. The van der Waals surface area contributed by atoms with Crippen molar-refractivity contribution < 1.29 is 17.4 Å². The fourth-order valence-corrected chi connectivity index (χ4v) is 3.45.